The van der Waals surface area contributed by atoms with Crippen molar-refractivity contribution in [3.63, 3.8) is 0 Å². The zero-order valence-corrected chi connectivity index (χ0v) is 28.4. The molecule has 5 heterocycles. The second kappa shape index (κ2) is 12.2. The number of aliphatic hydroxyl groups excluding tert-OH is 1. The summed E-state index contributed by atoms with van der Waals surface area (Å²) in [5.41, 5.74) is 10.4. The Bertz CT molecular complexity index is 1840. The van der Waals surface area contributed by atoms with Gasteiger partial charge >= 0.3 is 5.97 Å². The monoisotopic (exact) mass is 634 g/mol. The van der Waals surface area contributed by atoms with Crippen LogP contribution in [0.5, 0.6) is 0 Å². The number of fused-ring (bicyclic) bond motifs is 10. The van der Waals surface area contributed by atoms with Gasteiger partial charge in [0.2, 0.25) is 0 Å². The summed E-state index contributed by atoms with van der Waals surface area (Å²) in [5.74, 6) is 0.611. The third-order valence-corrected chi connectivity index (χ3v) is 12.6. The van der Waals surface area contributed by atoms with Gasteiger partial charge in [0, 0.05) is 71.3 Å². The summed E-state index contributed by atoms with van der Waals surface area (Å²) in [6.45, 7) is 8.27. The number of piperidine rings is 2. The third kappa shape index (κ3) is 5.17. The Morgan fingerprint density at radius 1 is 1.06 bits per heavy atom. The Labute approximate surface area is 278 Å². The highest BCUT2D eigenvalue weighted by molar-refractivity contribution is 5.87. The average Bonchev–Trinajstić information content (AvgIpc) is 3.63. The van der Waals surface area contributed by atoms with Crippen molar-refractivity contribution < 1.29 is 14.6 Å². The van der Waals surface area contributed by atoms with Gasteiger partial charge in [-0.3, -0.25) is 9.69 Å². The molecule has 8 atom stereocenters. The summed E-state index contributed by atoms with van der Waals surface area (Å²) in [6, 6.07) is 15.8. The lowest BCUT2D eigenvalue weighted by Gasteiger charge is -2.46. The molecule has 1 aliphatic carbocycles. The van der Waals surface area contributed by atoms with Gasteiger partial charge in [0.05, 0.1) is 19.1 Å². The van der Waals surface area contributed by atoms with Crippen LogP contribution in [0.15, 0.2) is 54.1 Å². The van der Waals surface area contributed by atoms with Crippen LogP contribution in [0.2, 0.25) is 0 Å². The quantitative estimate of drug-likeness (QED) is 0.185. The lowest BCUT2D eigenvalue weighted by atomic mass is 9.67. The highest BCUT2D eigenvalue weighted by atomic mass is 16.5. The minimum Gasteiger partial charge on any atom is -0.469 e. The molecule has 3 N–H and O–H groups in total. The smallest absolute Gasteiger partial charge is 0.310 e. The van der Waals surface area contributed by atoms with E-state index >= 15 is 0 Å². The number of nitrogens with one attached hydrogen (secondary N) is 2. The third-order valence-electron chi connectivity index (χ3n) is 12.6. The molecule has 1 unspecified atom stereocenters. The van der Waals surface area contributed by atoms with E-state index in [1.54, 1.807) is 7.11 Å². The lowest BCUT2D eigenvalue weighted by molar-refractivity contribution is -0.151. The fraction of sp³-hybridized carbons (Fsp3) is 0.525. The average molecular weight is 635 g/mol. The summed E-state index contributed by atoms with van der Waals surface area (Å²) >= 11 is 0. The Morgan fingerprint density at radius 3 is 2.70 bits per heavy atom. The molecule has 0 saturated carbocycles. The highest BCUT2D eigenvalue weighted by Gasteiger charge is 2.47. The zero-order valence-electron chi connectivity index (χ0n) is 28.4. The number of aromatic nitrogens is 2. The predicted molar refractivity (Wildman–Crippen MR) is 188 cm³/mol. The molecule has 2 saturated heterocycles. The molecule has 248 valence electrons. The van der Waals surface area contributed by atoms with Crippen LogP contribution >= 0.6 is 0 Å². The molecule has 0 amide bonds. The van der Waals surface area contributed by atoms with Gasteiger partial charge < -0.3 is 24.7 Å². The van der Waals surface area contributed by atoms with Crippen molar-refractivity contribution in [2.24, 2.45) is 23.7 Å². The van der Waals surface area contributed by atoms with Gasteiger partial charge in [0.1, 0.15) is 0 Å². The summed E-state index contributed by atoms with van der Waals surface area (Å²) in [4.78, 5) is 26.4. The molecule has 3 aliphatic heterocycles. The van der Waals surface area contributed by atoms with Crippen LogP contribution in [0.3, 0.4) is 0 Å². The number of benzene rings is 2. The van der Waals surface area contributed by atoms with Crippen LogP contribution in [0.4, 0.5) is 0 Å². The van der Waals surface area contributed by atoms with Crippen LogP contribution in [-0.2, 0) is 28.8 Å². The number of methoxy groups -OCH3 is 1. The Morgan fingerprint density at radius 2 is 1.89 bits per heavy atom. The number of aryl methyl sites for hydroxylation is 1. The molecular formula is C40H50N4O3. The van der Waals surface area contributed by atoms with Gasteiger partial charge in [0.15, 0.2) is 0 Å². The van der Waals surface area contributed by atoms with Gasteiger partial charge in [-0.25, -0.2) is 0 Å². The number of aromatic amines is 2. The van der Waals surface area contributed by atoms with Crippen molar-refractivity contribution in [2.45, 2.75) is 70.4 Å². The predicted octanol–water partition coefficient (Wildman–Crippen LogP) is 6.20. The van der Waals surface area contributed by atoms with Crippen LogP contribution in [0.1, 0.15) is 67.1 Å². The molecule has 2 aromatic carbocycles. The number of likely N-dealkylation sites (N-methyl/N-ethyl adjacent to an activating group) is 1. The lowest BCUT2D eigenvalue weighted by Crippen LogP contribution is -2.53. The number of H-pyrrole nitrogens is 2. The number of hydrogen-bond acceptors (Lipinski definition) is 5. The van der Waals surface area contributed by atoms with E-state index in [1.165, 1.54) is 49.9 Å². The highest BCUT2D eigenvalue weighted by Crippen LogP contribution is 2.48. The summed E-state index contributed by atoms with van der Waals surface area (Å²) in [5, 5.41) is 13.7. The number of carbonyl (C=O) groups is 1. The first-order valence-electron chi connectivity index (χ1n) is 17.9. The number of para-hydroxylation sites is 1. The topological polar surface area (TPSA) is 84.6 Å². The molecule has 8 rings (SSSR count). The standard InChI is InChI=1S/C40H50N4O3/c1-5-23-20-43(3)36-19-32-27-9-7-8-10-33(27)42-38(32)31(18-30(23)37(36)40(46)47-4)25-11-13-28-29-15-16-44-21-24(6-2)39(45)26(22-44)12-14-34(29)41-35(28)17-25/h5,7-11,13,17,24,26,30-31,36-37,39,41-42,45H,6,12,14-16,18-22H2,1-4H3/b23-5-/t24-,26+,30-,31+,36-,37+,39+/m1/s1. The maximum absolute atomic E-state index is 13.6. The number of esters is 1. The Balaban J connectivity index is 1.22. The van der Waals surface area contributed by atoms with Crippen molar-refractivity contribution in [1.82, 2.24) is 19.8 Å². The van der Waals surface area contributed by atoms with Crippen LogP contribution in [0, 0.1) is 23.7 Å². The first kappa shape index (κ1) is 30.9. The minimum absolute atomic E-state index is 0.0750. The number of allylic oxidation sites excluding steroid dienone is 1. The molecule has 7 heteroatoms. The number of nitrogens with zero attached hydrogens (tertiary/aromatic N) is 2. The molecule has 4 bridgehead atoms. The molecule has 2 fully saturated rings. The zero-order chi connectivity index (χ0) is 32.4. The normalized spacial score (nSPS) is 32.1. The van der Waals surface area contributed by atoms with Gasteiger partial charge in [-0.05, 0) is 99.1 Å². The second-order valence-corrected chi connectivity index (χ2v) is 14.9. The molecule has 4 aromatic rings. The van der Waals surface area contributed by atoms with E-state index in [9.17, 15) is 9.90 Å². The van der Waals surface area contributed by atoms with Crippen molar-refractivity contribution >= 4 is 27.8 Å². The number of aliphatic hydroxyl groups is 1. The van der Waals surface area contributed by atoms with Crippen LogP contribution in [0.25, 0.3) is 21.8 Å². The molecule has 2 aromatic heterocycles. The maximum atomic E-state index is 13.6. The minimum atomic E-state index is -0.218. The van der Waals surface area contributed by atoms with Gasteiger partial charge in [0.25, 0.3) is 0 Å². The molecule has 0 radical (unpaired) electrons. The van der Waals surface area contributed by atoms with Crippen molar-refractivity contribution in [2.75, 3.05) is 40.3 Å². The van der Waals surface area contributed by atoms with Crippen molar-refractivity contribution in [3.8, 4) is 0 Å². The molecule has 0 spiro atoms. The molecule has 4 aliphatic rings. The van der Waals surface area contributed by atoms with Crippen molar-refractivity contribution in [3.05, 3.63) is 82.2 Å². The maximum Gasteiger partial charge on any atom is 0.310 e. The fourth-order valence-corrected chi connectivity index (χ4v) is 10.1. The van der Waals surface area contributed by atoms with Crippen LogP contribution in [-0.4, -0.2) is 83.3 Å². The Kier molecular flexibility index (Phi) is 8.06. The number of ether oxygens (including phenoxy) is 1. The molecular weight excluding hydrogens is 584 g/mol. The first-order valence-corrected chi connectivity index (χ1v) is 17.9. The largest absolute Gasteiger partial charge is 0.469 e. The summed E-state index contributed by atoms with van der Waals surface area (Å²) in [6.07, 6.45) is 7.76. The summed E-state index contributed by atoms with van der Waals surface area (Å²) < 4.78 is 5.52. The van der Waals surface area contributed by atoms with E-state index in [2.05, 4.69) is 89.2 Å². The van der Waals surface area contributed by atoms with E-state index in [-0.39, 0.29) is 35.9 Å². The number of carbonyl (C=O) groups excluding carboxylic acids is 1. The van der Waals surface area contributed by atoms with Gasteiger partial charge in [-0.1, -0.05) is 48.9 Å². The number of rotatable bonds is 3. The SMILES string of the molecule is C/C=C1/CN(C)[C@@H]2Cc3c([nH]c4ccccc34)[C@H](c3ccc4c5c([nH]c4c3)CC[C@H]3CN(CC5)C[C@@H](CC)[C@@H]3O)C[C@H]1[C@@H]2C(=O)OC. The molecule has 7 nitrogen and oxygen atoms in total. The van der Waals surface area contributed by atoms with E-state index < -0.39 is 0 Å². The second-order valence-electron chi connectivity index (χ2n) is 14.9. The van der Waals surface area contributed by atoms with E-state index in [1.807, 2.05) is 0 Å². The number of likely N-dealkylation sites (tertiary alicyclic amines) is 1. The summed E-state index contributed by atoms with van der Waals surface area (Å²) in [7, 11) is 3.70. The van der Waals surface area contributed by atoms with E-state index in [4.69, 9.17) is 4.74 Å². The number of hydrogen-bond donors (Lipinski definition) is 3. The van der Waals surface area contributed by atoms with Gasteiger partial charge in [-0.2, -0.15) is 0 Å². The first-order chi connectivity index (χ1) is 22.9. The Hall–Kier alpha value is -3.39. The van der Waals surface area contributed by atoms with Crippen LogP contribution < -0.4 is 0 Å². The van der Waals surface area contributed by atoms with E-state index in [0.717, 1.165) is 70.2 Å². The molecule has 47 heavy (non-hydrogen) atoms. The van der Waals surface area contributed by atoms with Crippen molar-refractivity contribution in [1.29, 1.82) is 0 Å². The van der Waals surface area contributed by atoms with E-state index in [0.29, 0.717) is 11.8 Å². The van der Waals surface area contributed by atoms with Gasteiger partial charge in [-0.15, -0.1) is 0 Å². The fourth-order valence-electron chi connectivity index (χ4n) is 10.1.